The van der Waals surface area contributed by atoms with Gasteiger partial charge in [0.1, 0.15) is 5.75 Å². The zero-order chi connectivity index (χ0) is 15.9. The van der Waals surface area contributed by atoms with E-state index in [0.29, 0.717) is 16.9 Å². The number of halogens is 1. The van der Waals surface area contributed by atoms with Gasteiger partial charge in [0.15, 0.2) is 11.7 Å². The number of amides is 1. The van der Waals surface area contributed by atoms with E-state index in [9.17, 15) is 4.79 Å². The molecule has 0 radical (unpaired) electrons. The highest BCUT2D eigenvalue weighted by molar-refractivity contribution is 9.10. The quantitative estimate of drug-likeness (QED) is 0.780. The predicted octanol–water partition coefficient (Wildman–Crippen LogP) is 3.46. The molecule has 0 unspecified atom stereocenters. The van der Waals surface area contributed by atoms with Crippen LogP contribution < -0.4 is 15.4 Å². The molecule has 1 amide bonds. The van der Waals surface area contributed by atoms with Crippen LogP contribution in [0.25, 0.3) is 0 Å². The summed E-state index contributed by atoms with van der Waals surface area (Å²) in [4.78, 5) is 11.9. The first-order valence-electron chi connectivity index (χ1n) is 7.54. The van der Waals surface area contributed by atoms with Crippen molar-refractivity contribution in [2.45, 2.75) is 45.1 Å². The fraction of sp³-hybridized carbons (Fsp3) is 0.500. The number of thiocarbonyl (C=S) groups is 1. The predicted molar refractivity (Wildman–Crippen MR) is 95.1 cm³/mol. The molecule has 4 nitrogen and oxygen atoms in total. The van der Waals surface area contributed by atoms with Gasteiger partial charge in [0, 0.05) is 10.5 Å². The molecule has 22 heavy (non-hydrogen) atoms. The number of nitrogens with one attached hydrogen (secondary N) is 2. The van der Waals surface area contributed by atoms with E-state index < -0.39 is 0 Å². The third kappa shape index (κ3) is 5.57. The van der Waals surface area contributed by atoms with Crippen LogP contribution in [0, 0.1) is 6.92 Å². The first-order valence-corrected chi connectivity index (χ1v) is 8.74. The molecule has 0 heterocycles. The van der Waals surface area contributed by atoms with E-state index >= 15 is 0 Å². The monoisotopic (exact) mass is 384 g/mol. The standard InChI is InChI=1S/C16H21BrN2O2S/c1-11-9-12(17)7-8-14(11)21-10-15(20)19-16(22)18-13-5-3-2-4-6-13/h7-9,13H,2-6,10H2,1H3,(H2,18,19,20,22). The molecule has 0 atom stereocenters. The molecule has 1 aliphatic rings. The Morgan fingerprint density at radius 2 is 2.09 bits per heavy atom. The number of hydrogen-bond donors (Lipinski definition) is 2. The molecule has 0 saturated heterocycles. The fourth-order valence-electron chi connectivity index (χ4n) is 2.55. The second-order valence-corrected chi connectivity index (χ2v) is 6.88. The molecule has 1 fully saturated rings. The van der Waals surface area contributed by atoms with Crippen molar-refractivity contribution in [3.8, 4) is 5.75 Å². The Labute approximate surface area is 145 Å². The summed E-state index contributed by atoms with van der Waals surface area (Å²) in [5.41, 5.74) is 0.977. The highest BCUT2D eigenvalue weighted by Gasteiger charge is 2.15. The van der Waals surface area contributed by atoms with Gasteiger partial charge in [0.05, 0.1) is 0 Å². The van der Waals surface area contributed by atoms with Gasteiger partial charge in [-0.2, -0.15) is 0 Å². The summed E-state index contributed by atoms with van der Waals surface area (Å²) >= 11 is 8.58. The molecule has 2 N–H and O–H groups in total. The number of ether oxygens (including phenoxy) is 1. The maximum atomic E-state index is 11.9. The smallest absolute Gasteiger partial charge is 0.264 e. The number of benzene rings is 1. The molecule has 0 aliphatic heterocycles. The van der Waals surface area contributed by atoms with E-state index in [4.69, 9.17) is 17.0 Å². The third-order valence-corrected chi connectivity index (χ3v) is 4.40. The molecule has 1 aromatic rings. The highest BCUT2D eigenvalue weighted by atomic mass is 79.9. The van der Waals surface area contributed by atoms with Gasteiger partial charge in [-0.25, -0.2) is 0 Å². The molecule has 120 valence electrons. The molecule has 0 bridgehead atoms. The molecule has 0 aromatic heterocycles. The van der Waals surface area contributed by atoms with Gasteiger partial charge in [0.25, 0.3) is 5.91 Å². The van der Waals surface area contributed by atoms with Crippen LogP contribution in [0.3, 0.4) is 0 Å². The van der Waals surface area contributed by atoms with Crippen LogP contribution in [0.4, 0.5) is 0 Å². The summed E-state index contributed by atoms with van der Waals surface area (Å²) in [5, 5.41) is 6.28. The van der Waals surface area contributed by atoms with E-state index in [1.54, 1.807) is 0 Å². The minimum Gasteiger partial charge on any atom is -0.483 e. The average molecular weight is 385 g/mol. The Morgan fingerprint density at radius 1 is 1.36 bits per heavy atom. The van der Waals surface area contributed by atoms with E-state index in [2.05, 4.69) is 26.6 Å². The number of aryl methyl sites for hydroxylation is 1. The van der Waals surface area contributed by atoms with Gasteiger partial charge in [-0.1, -0.05) is 35.2 Å². The van der Waals surface area contributed by atoms with E-state index in [0.717, 1.165) is 22.9 Å². The number of hydrogen-bond acceptors (Lipinski definition) is 3. The lowest BCUT2D eigenvalue weighted by molar-refractivity contribution is -0.121. The Balaban J connectivity index is 1.73. The van der Waals surface area contributed by atoms with Crippen molar-refractivity contribution in [3.05, 3.63) is 28.2 Å². The van der Waals surface area contributed by atoms with E-state index in [-0.39, 0.29) is 12.5 Å². The van der Waals surface area contributed by atoms with Crippen molar-refractivity contribution >= 4 is 39.2 Å². The molecule has 1 saturated carbocycles. The minimum absolute atomic E-state index is 0.0467. The van der Waals surface area contributed by atoms with Gasteiger partial charge >= 0.3 is 0 Å². The van der Waals surface area contributed by atoms with Gasteiger partial charge in [-0.05, 0) is 55.7 Å². The minimum atomic E-state index is -0.240. The van der Waals surface area contributed by atoms with Crippen molar-refractivity contribution in [2.75, 3.05) is 6.61 Å². The summed E-state index contributed by atoms with van der Waals surface area (Å²) in [5.74, 6) is 0.458. The lowest BCUT2D eigenvalue weighted by atomic mass is 9.96. The molecular formula is C16H21BrN2O2S. The Hall–Kier alpha value is -1.14. The fourth-order valence-corrected chi connectivity index (χ4v) is 3.31. The van der Waals surface area contributed by atoms with Crippen LogP contribution in [0.15, 0.2) is 22.7 Å². The summed E-state index contributed by atoms with van der Waals surface area (Å²) in [6, 6.07) is 6.06. The maximum absolute atomic E-state index is 11.9. The van der Waals surface area contributed by atoms with Crippen LogP contribution in [-0.2, 0) is 4.79 Å². The molecule has 6 heteroatoms. The van der Waals surface area contributed by atoms with Crippen LogP contribution in [0.2, 0.25) is 0 Å². The molecule has 1 aliphatic carbocycles. The SMILES string of the molecule is Cc1cc(Br)ccc1OCC(=O)NC(=S)NC1CCCCC1. The Bertz CT molecular complexity index is 545. The van der Waals surface area contributed by atoms with Crippen molar-refractivity contribution in [2.24, 2.45) is 0 Å². The van der Waals surface area contributed by atoms with Crippen LogP contribution >= 0.6 is 28.1 Å². The lowest BCUT2D eigenvalue weighted by Gasteiger charge is -2.24. The van der Waals surface area contributed by atoms with Crippen LogP contribution in [0.5, 0.6) is 5.75 Å². The summed E-state index contributed by atoms with van der Waals surface area (Å²) in [6.07, 6.45) is 5.97. The number of carbonyl (C=O) groups excluding carboxylic acids is 1. The average Bonchev–Trinajstić information content (AvgIpc) is 2.47. The van der Waals surface area contributed by atoms with Crippen LogP contribution in [0.1, 0.15) is 37.7 Å². The summed E-state index contributed by atoms with van der Waals surface area (Å²) in [6.45, 7) is 1.89. The molecule has 0 spiro atoms. The summed E-state index contributed by atoms with van der Waals surface area (Å²) < 4.78 is 6.51. The van der Waals surface area contributed by atoms with Gasteiger partial charge in [-0.15, -0.1) is 0 Å². The zero-order valence-corrected chi connectivity index (χ0v) is 15.1. The third-order valence-electron chi connectivity index (χ3n) is 3.69. The number of rotatable bonds is 4. The molecule has 1 aromatic carbocycles. The Kier molecular flexibility index (Phi) is 6.64. The summed E-state index contributed by atoms with van der Waals surface area (Å²) in [7, 11) is 0. The highest BCUT2D eigenvalue weighted by Crippen LogP contribution is 2.22. The molecule has 2 rings (SSSR count). The first kappa shape index (κ1) is 17.2. The van der Waals surface area contributed by atoms with Crippen molar-refractivity contribution < 1.29 is 9.53 Å². The van der Waals surface area contributed by atoms with Crippen molar-refractivity contribution in [3.63, 3.8) is 0 Å². The van der Waals surface area contributed by atoms with Crippen molar-refractivity contribution in [1.29, 1.82) is 0 Å². The van der Waals surface area contributed by atoms with E-state index in [1.165, 1.54) is 19.3 Å². The lowest BCUT2D eigenvalue weighted by Crippen LogP contribution is -2.46. The number of carbonyl (C=O) groups is 1. The largest absolute Gasteiger partial charge is 0.483 e. The Morgan fingerprint density at radius 3 is 2.77 bits per heavy atom. The topological polar surface area (TPSA) is 50.4 Å². The first-order chi connectivity index (χ1) is 10.5. The second kappa shape index (κ2) is 8.48. The molecular weight excluding hydrogens is 364 g/mol. The van der Waals surface area contributed by atoms with Gasteiger partial charge in [-0.3, -0.25) is 4.79 Å². The van der Waals surface area contributed by atoms with Crippen molar-refractivity contribution in [1.82, 2.24) is 10.6 Å². The second-order valence-electron chi connectivity index (χ2n) is 5.56. The van der Waals surface area contributed by atoms with E-state index in [1.807, 2.05) is 25.1 Å². The normalized spacial score (nSPS) is 15.2. The van der Waals surface area contributed by atoms with Gasteiger partial charge in [0.2, 0.25) is 0 Å². The maximum Gasteiger partial charge on any atom is 0.264 e. The van der Waals surface area contributed by atoms with Gasteiger partial charge < -0.3 is 15.4 Å². The zero-order valence-electron chi connectivity index (χ0n) is 12.7. The van der Waals surface area contributed by atoms with Crippen LogP contribution in [-0.4, -0.2) is 23.7 Å².